The van der Waals surface area contributed by atoms with E-state index in [1.54, 1.807) is 0 Å². The summed E-state index contributed by atoms with van der Waals surface area (Å²) < 4.78 is 0.372. The molecule has 2 aliphatic heterocycles. The summed E-state index contributed by atoms with van der Waals surface area (Å²) in [6, 6.07) is 0.413. The third-order valence-electron chi connectivity index (χ3n) is 7.48. The van der Waals surface area contributed by atoms with Crippen LogP contribution in [-0.2, 0) is 9.59 Å². The fraction of sp³-hybridized carbons (Fsp3) is 0.889. The third kappa shape index (κ3) is 1.93. The van der Waals surface area contributed by atoms with Gasteiger partial charge in [-0.25, -0.2) is 0 Å². The monoisotopic (exact) mass is 363 g/mol. The number of rotatable bonds is 3. The number of nitrogens with one attached hydrogen (secondary N) is 1. The molecule has 4 heteroatoms. The minimum absolute atomic E-state index is 0.0259. The van der Waals surface area contributed by atoms with Gasteiger partial charge in [-0.2, -0.15) is 0 Å². The van der Waals surface area contributed by atoms with Crippen molar-refractivity contribution in [3.63, 3.8) is 0 Å². The van der Waals surface area contributed by atoms with E-state index in [9.17, 15) is 9.59 Å². The van der Waals surface area contributed by atoms with Crippen LogP contribution >= 0.6 is 0 Å². The summed E-state index contributed by atoms with van der Waals surface area (Å²) in [5.41, 5.74) is 0.0259. The van der Waals surface area contributed by atoms with Gasteiger partial charge in [0.05, 0.1) is 0 Å². The van der Waals surface area contributed by atoms with Crippen molar-refractivity contribution in [2.45, 2.75) is 74.5 Å². The second-order valence-corrected chi connectivity index (χ2v) is 12.5. The predicted molar refractivity (Wildman–Crippen MR) is 85.9 cm³/mol. The van der Waals surface area contributed by atoms with Crippen molar-refractivity contribution < 1.29 is 9.59 Å². The average molecular weight is 363 g/mol. The number of hydrogen-bond acceptors (Lipinski definition) is 2. The van der Waals surface area contributed by atoms with Gasteiger partial charge in [-0.05, 0) is 0 Å². The molecule has 0 aromatic carbocycles. The third-order valence-corrected chi connectivity index (χ3v) is 11.6. The molecule has 0 aromatic heterocycles. The summed E-state index contributed by atoms with van der Waals surface area (Å²) >= 11 is -0.829. The van der Waals surface area contributed by atoms with Crippen LogP contribution in [0.25, 0.3) is 0 Å². The summed E-state index contributed by atoms with van der Waals surface area (Å²) in [4.78, 5) is 25.9. The molecule has 120 valence electrons. The zero-order chi connectivity index (χ0) is 14.9. The van der Waals surface area contributed by atoms with Crippen molar-refractivity contribution in [1.29, 1.82) is 0 Å². The Kier molecular flexibility index (Phi) is 2.96. The number of fused-ring (bicyclic) bond motifs is 3. The van der Waals surface area contributed by atoms with Gasteiger partial charge in [-0.3, -0.25) is 0 Å². The Labute approximate surface area is 139 Å². The SMILES string of the molecule is O=C([AsH]C12CCC(CC1)NC2=O)C12CC3CC(CC(C3)C1)C2. The molecule has 6 bridgehead atoms. The first-order chi connectivity index (χ1) is 10.6. The van der Waals surface area contributed by atoms with Crippen LogP contribution in [0.5, 0.6) is 0 Å². The van der Waals surface area contributed by atoms with Gasteiger partial charge >= 0.3 is 139 Å². The van der Waals surface area contributed by atoms with Crippen molar-refractivity contribution in [3.05, 3.63) is 0 Å². The number of amides is 1. The van der Waals surface area contributed by atoms with Gasteiger partial charge < -0.3 is 0 Å². The number of carbonyl (C=O) groups excluding carboxylic acids is 2. The van der Waals surface area contributed by atoms with E-state index in [2.05, 4.69) is 5.32 Å². The molecule has 1 atom stereocenters. The predicted octanol–water partition coefficient (Wildman–Crippen LogP) is 2.40. The van der Waals surface area contributed by atoms with Crippen molar-refractivity contribution in [2.75, 3.05) is 0 Å². The second-order valence-electron chi connectivity index (χ2n) is 8.98. The van der Waals surface area contributed by atoms with Gasteiger partial charge in [-0.15, -0.1) is 0 Å². The van der Waals surface area contributed by atoms with Gasteiger partial charge in [0.1, 0.15) is 0 Å². The molecule has 3 nitrogen and oxygen atoms in total. The summed E-state index contributed by atoms with van der Waals surface area (Å²) in [5.74, 6) is 2.73. The van der Waals surface area contributed by atoms with Crippen molar-refractivity contribution in [2.24, 2.45) is 23.2 Å². The van der Waals surface area contributed by atoms with E-state index >= 15 is 0 Å². The summed E-state index contributed by atoms with van der Waals surface area (Å²) in [6.07, 6.45) is 11.9. The van der Waals surface area contributed by atoms with Crippen LogP contribution in [0.15, 0.2) is 0 Å². The molecule has 5 saturated carbocycles. The van der Waals surface area contributed by atoms with E-state index in [0.717, 1.165) is 43.4 Å². The first-order valence-electron chi connectivity index (χ1n) is 9.21. The summed E-state index contributed by atoms with van der Waals surface area (Å²) in [6.45, 7) is 0. The number of hydrogen-bond donors (Lipinski definition) is 1. The van der Waals surface area contributed by atoms with Crippen molar-refractivity contribution in [1.82, 2.24) is 5.32 Å². The standard InChI is InChI=1S/C18H26AsNO2/c21-15(19-18-3-1-14(2-4-18)20-16(18)22)17-8-11-5-12(9-17)7-13(6-11)10-17/h11-14,19H,1-10H2,(H,20,22). The summed E-state index contributed by atoms with van der Waals surface area (Å²) in [5, 5.41) is 3.18. The van der Waals surface area contributed by atoms with E-state index < -0.39 is 15.8 Å². The molecule has 2 saturated heterocycles. The van der Waals surface area contributed by atoms with Gasteiger partial charge in [0.25, 0.3) is 0 Å². The number of piperidine rings is 2. The van der Waals surface area contributed by atoms with Crippen LogP contribution in [-0.4, -0.2) is 32.3 Å². The Morgan fingerprint density at radius 1 is 1.00 bits per heavy atom. The van der Waals surface area contributed by atoms with Gasteiger partial charge in [0, 0.05) is 0 Å². The maximum absolute atomic E-state index is 13.4. The van der Waals surface area contributed by atoms with E-state index in [0.29, 0.717) is 10.6 Å². The Hall–Kier alpha value is -0.302. The summed E-state index contributed by atoms with van der Waals surface area (Å²) in [7, 11) is 0. The molecule has 0 aromatic rings. The first-order valence-corrected chi connectivity index (χ1v) is 11.3. The molecule has 0 radical (unpaired) electrons. The van der Waals surface area contributed by atoms with Gasteiger partial charge in [-0.1, -0.05) is 0 Å². The second kappa shape index (κ2) is 4.62. The minimum atomic E-state index is -0.829. The fourth-order valence-electron chi connectivity index (χ4n) is 6.73. The molecule has 2 heterocycles. The van der Waals surface area contributed by atoms with E-state index in [1.807, 2.05) is 0 Å². The van der Waals surface area contributed by atoms with Crippen molar-refractivity contribution >= 4 is 26.2 Å². The van der Waals surface area contributed by atoms with Gasteiger partial charge in [0.2, 0.25) is 0 Å². The molecule has 5 aliphatic carbocycles. The van der Waals surface area contributed by atoms with Crippen LogP contribution in [0.4, 0.5) is 0 Å². The van der Waals surface area contributed by atoms with Crippen LogP contribution in [0.1, 0.15) is 64.2 Å². The first kappa shape index (κ1) is 14.1. The normalized spacial score (nSPS) is 52.5. The molecule has 7 fully saturated rings. The molecule has 0 spiro atoms. The van der Waals surface area contributed by atoms with E-state index in [-0.39, 0.29) is 15.5 Å². The Balaban J connectivity index is 1.39. The average Bonchev–Trinajstić information content (AvgIpc) is 2.47. The van der Waals surface area contributed by atoms with E-state index in [1.165, 1.54) is 38.5 Å². The molecule has 22 heavy (non-hydrogen) atoms. The molecule has 7 rings (SSSR count). The van der Waals surface area contributed by atoms with Crippen LogP contribution in [0.3, 0.4) is 0 Å². The Morgan fingerprint density at radius 2 is 1.55 bits per heavy atom. The molecular formula is C18H26AsNO2. The Bertz CT molecular complexity index is 500. The van der Waals surface area contributed by atoms with Crippen molar-refractivity contribution in [3.8, 4) is 0 Å². The quantitative estimate of drug-likeness (QED) is 0.783. The van der Waals surface area contributed by atoms with Crippen LogP contribution in [0.2, 0.25) is 4.20 Å². The molecule has 1 unspecified atom stereocenters. The Morgan fingerprint density at radius 3 is 2.05 bits per heavy atom. The molecule has 1 N–H and O–H groups in total. The zero-order valence-electron chi connectivity index (χ0n) is 13.2. The van der Waals surface area contributed by atoms with Crippen LogP contribution < -0.4 is 5.32 Å². The molecule has 7 aliphatic rings. The number of carbonyl (C=O) groups is 2. The van der Waals surface area contributed by atoms with Crippen LogP contribution in [0, 0.1) is 23.2 Å². The zero-order valence-corrected chi connectivity index (χ0v) is 15.3. The van der Waals surface area contributed by atoms with E-state index in [4.69, 9.17) is 0 Å². The topological polar surface area (TPSA) is 46.2 Å². The van der Waals surface area contributed by atoms with Gasteiger partial charge in [0.15, 0.2) is 0 Å². The fourth-order valence-corrected chi connectivity index (χ4v) is 10.4. The molecular weight excluding hydrogens is 337 g/mol. The molecule has 1 amide bonds. The maximum atomic E-state index is 13.4.